The maximum atomic E-state index is 12.8. The van der Waals surface area contributed by atoms with E-state index in [1.54, 1.807) is 11.5 Å². The van der Waals surface area contributed by atoms with Crippen LogP contribution < -0.4 is 22.5 Å². The maximum Gasteiger partial charge on any atom is 0.352 e. The molecule has 2 aromatic heterocycles. The second-order valence-corrected chi connectivity index (χ2v) is 9.67. The number of β-lactam (4-membered cyclic amide) rings is 1. The number of nitrogens with zero attached hydrogens (tertiary/aromatic N) is 6. The summed E-state index contributed by atoms with van der Waals surface area (Å²) >= 11 is 3.20. The van der Waals surface area contributed by atoms with Crippen molar-refractivity contribution in [1.29, 1.82) is 0 Å². The Balaban J connectivity index is 1.48. The zero-order chi connectivity index (χ0) is 25.3. The molecule has 0 aliphatic carbocycles. The molecule has 0 unspecified atom stereocenters. The minimum Gasteiger partial charge on any atom is -0.477 e. The van der Waals surface area contributed by atoms with Crippen LogP contribution in [0.3, 0.4) is 0 Å². The van der Waals surface area contributed by atoms with E-state index in [1.165, 1.54) is 17.8 Å². The molecule has 9 N–H and O–H groups in total. The molecule has 0 spiro atoms. The average molecular weight is 537 g/mol. The first-order chi connectivity index (χ1) is 16.7. The largest absolute Gasteiger partial charge is 0.477 e. The zero-order valence-electron chi connectivity index (χ0n) is 17.4. The zero-order valence-corrected chi connectivity index (χ0v) is 19.8. The van der Waals surface area contributed by atoms with Crippen LogP contribution in [0.15, 0.2) is 39.0 Å². The number of nitrogens with one attached hydrogen (secondary N) is 1. The number of amides is 2. The van der Waals surface area contributed by atoms with Gasteiger partial charge >= 0.3 is 5.97 Å². The van der Waals surface area contributed by atoms with Crippen molar-refractivity contribution in [2.24, 2.45) is 5.16 Å². The number of oxime groups is 1. The van der Waals surface area contributed by atoms with E-state index in [9.17, 15) is 24.7 Å². The van der Waals surface area contributed by atoms with E-state index in [0.717, 1.165) is 28.2 Å². The SMILES string of the molecule is Nc1cc(SC=CC2=C(C(=O)O)N3C(=O)[C@@H](NC(=O)C(=NO)c4nsc(N)n4)[C@H]3SC2)nc(N)n1. The predicted octanol–water partition coefficient (Wildman–Crippen LogP) is -0.702. The third-order valence-electron chi connectivity index (χ3n) is 4.65. The molecule has 1 fully saturated rings. The number of rotatable bonds is 7. The summed E-state index contributed by atoms with van der Waals surface area (Å²) in [6.07, 6.45) is 1.56. The number of allylic oxidation sites excluding steroid dienone is 1. The van der Waals surface area contributed by atoms with E-state index in [0.29, 0.717) is 10.6 Å². The molecule has 2 amide bonds. The Hall–Kier alpha value is -3.90. The highest BCUT2D eigenvalue weighted by Crippen LogP contribution is 2.41. The number of fused-ring (bicyclic) bond motifs is 1. The van der Waals surface area contributed by atoms with Gasteiger partial charge in [-0.05, 0) is 17.1 Å². The molecule has 35 heavy (non-hydrogen) atoms. The molecule has 0 bridgehead atoms. The molecule has 1 saturated heterocycles. The number of carbonyl (C=O) groups excluding carboxylic acids is 2. The highest BCUT2D eigenvalue weighted by molar-refractivity contribution is 8.02. The van der Waals surface area contributed by atoms with Gasteiger partial charge < -0.3 is 32.8 Å². The van der Waals surface area contributed by atoms with Gasteiger partial charge in [0.2, 0.25) is 17.5 Å². The lowest BCUT2D eigenvalue weighted by Crippen LogP contribution is -2.71. The van der Waals surface area contributed by atoms with Crippen LogP contribution in [0.5, 0.6) is 0 Å². The number of hydrogen-bond acceptors (Lipinski definition) is 15. The van der Waals surface area contributed by atoms with Gasteiger partial charge in [0.25, 0.3) is 11.8 Å². The van der Waals surface area contributed by atoms with Crippen molar-refractivity contribution >= 4 is 75.4 Å². The molecular weight excluding hydrogens is 520 g/mol. The van der Waals surface area contributed by atoms with Crippen LogP contribution in [-0.4, -0.2) is 75.2 Å². The number of aromatic nitrogens is 4. The van der Waals surface area contributed by atoms with Gasteiger partial charge in [-0.15, -0.1) is 11.8 Å². The smallest absolute Gasteiger partial charge is 0.352 e. The van der Waals surface area contributed by atoms with Crippen molar-refractivity contribution in [2.45, 2.75) is 16.4 Å². The fourth-order valence-corrected chi connectivity index (χ4v) is 5.67. The van der Waals surface area contributed by atoms with Gasteiger partial charge in [-0.3, -0.25) is 14.5 Å². The Labute approximate surface area is 208 Å². The van der Waals surface area contributed by atoms with Crippen LogP contribution in [0.4, 0.5) is 16.9 Å². The van der Waals surface area contributed by atoms with E-state index >= 15 is 0 Å². The Morgan fingerprint density at radius 3 is 2.69 bits per heavy atom. The molecule has 2 aromatic rings. The lowest BCUT2D eigenvalue weighted by molar-refractivity contribution is -0.150. The fraction of sp³-hybridized carbons (Fsp3) is 0.176. The topological polar surface area (TPSA) is 249 Å². The van der Waals surface area contributed by atoms with E-state index in [-0.39, 0.29) is 34.2 Å². The van der Waals surface area contributed by atoms with Crippen molar-refractivity contribution in [3.05, 3.63) is 34.6 Å². The van der Waals surface area contributed by atoms with Crippen molar-refractivity contribution < 1.29 is 24.7 Å². The molecule has 182 valence electrons. The first-order valence-corrected chi connectivity index (χ1v) is 12.2. The van der Waals surface area contributed by atoms with Gasteiger partial charge in [0.15, 0.2) is 5.13 Å². The summed E-state index contributed by atoms with van der Waals surface area (Å²) in [6.45, 7) is 0. The predicted molar refractivity (Wildman–Crippen MR) is 128 cm³/mol. The summed E-state index contributed by atoms with van der Waals surface area (Å²) in [5.41, 5.74) is 16.3. The van der Waals surface area contributed by atoms with Crippen molar-refractivity contribution in [1.82, 2.24) is 29.5 Å². The number of carbonyl (C=O) groups is 3. The van der Waals surface area contributed by atoms with E-state index in [4.69, 9.17) is 17.2 Å². The highest BCUT2D eigenvalue weighted by Gasteiger charge is 2.54. The van der Waals surface area contributed by atoms with Gasteiger partial charge in [-0.2, -0.15) is 14.3 Å². The summed E-state index contributed by atoms with van der Waals surface area (Å²) in [4.78, 5) is 50.0. The summed E-state index contributed by atoms with van der Waals surface area (Å²) in [5.74, 6) is -2.59. The van der Waals surface area contributed by atoms with Crippen LogP contribution in [0.1, 0.15) is 5.82 Å². The molecule has 15 nitrogen and oxygen atoms in total. The third kappa shape index (κ3) is 4.84. The van der Waals surface area contributed by atoms with Gasteiger partial charge in [0, 0.05) is 23.4 Å². The molecule has 4 rings (SSSR count). The maximum absolute atomic E-state index is 12.8. The van der Waals surface area contributed by atoms with E-state index < -0.39 is 34.9 Å². The van der Waals surface area contributed by atoms with Gasteiger partial charge in [0.05, 0.1) is 0 Å². The molecule has 0 radical (unpaired) electrons. The third-order valence-corrected chi connectivity index (χ3v) is 7.22. The minimum absolute atomic E-state index is 0.00472. The molecule has 2 aliphatic heterocycles. The molecule has 4 heterocycles. The van der Waals surface area contributed by atoms with Gasteiger partial charge in [-0.25, -0.2) is 9.78 Å². The first-order valence-electron chi connectivity index (χ1n) is 9.46. The van der Waals surface area contributed by atoms with Crippen LogP contribution in [0.2, 0.25) is 0 Å². The number of thioether (sulfide) groups is 2. The van der Waals surface area contributed by atoms with Crippen LogP contribution >= 0.6 is 35.1 Å². The Morgan fingerprint density at radius 2 is 2.06 bits per heavy atom. The number of aliphatic carboxylic acids is 1. The summed E-state index contributed by atoms with van der Waals surface area (Å²) in [7, 11) is 0. The van der Waals surface area contributed by atoms with E-state index in [1.807, 2.05) is 0 Å². The Kier molecular flexibility index (Phi) is 6.76. The number of nitrogen functional groups attached to an aromatic ring is 3. The van der Waals surface area contributed by atoms with Crippen molar-refractivity contribution in [2.75, 3.05) is 23.0 Å². The number of carboxylic acid groups (broad SMARTS) is 1. The van der Waals surface area contributed by atoms with Crippen LogP contribution in [-0.2, 0) is 14.4 Å². The molecule has 18 heteroatoms. The van der Waals surface area contributed by atoms with Crippen molar-refractivity contribution in [3.63, 3.8) is 0 Å². The molecule has 0 saturated carbocycles. The summed E-state index contributed by atoms with van der Waals surface area (Å²) < 4.78 is 3.80. The quantitative estimate of drug-likeness (QED) is 0.0639. The number of carboxylic acids is 1. The van der Waals surface area contributed by atoms with Gasteiger partial charge in [0.1, 0.15) is 28.0 Å². The standard InChI is InChI=1S/C17H16N10O5S3/c18-6-3-7(22-16(19)21-6)33-2-1-5-4-34-14-9(13(29)27(14)10(5)15(30)31)23-12(28)8(25-32)11-24-17(20)35-26-11/h1-3,9,14,32H,4H2,(H,23,28)(H,30,31)(H2,20,24,26)(H4,18,19,21,22)/t9-,14-/m1/s1. The lowest BCUT2D eigenvalue weighted by atomic mass is 10.0. The van der Waals surface area contributed by atoms with Gasteiger partial charge in [-0.1, -0.05) is 16.9 Å². The first kappa shape index (κ1) is 24.2. The van der Waals surface area contributed by atoms with Crippen molar-refractivity contribution in [3.8, 4) is 0 Å². The highest BCUT2D eigenvalue weighted by atomic mass is 32.2. The van der Waals surface area contributed by atoms with E-state index in [2.05, 4.69) is 29.8 Å². The molecule has 0 aromatic carbocycles. The fourth-order valence-electron chi connectivity index (χ4n) is 3.21. The summed E-state index contributed by atoms with van der Waals surface area (Å²) in [5, 5.41) is 25.7. The number of hydrogen-bond donors (Lipinski definition) is 6. The normalized spacial score (nSPS) is 20.1. The average Bonchev–Trinajstić information content (AvgIpc) is 3.22. The minimum atomic E-state index is -1.30. The Bertz CT molecular complexity index is 1290. The van der Waals surface area contributed by atoms with Crippen LogP contribution in [0.25, 0.3) is 0 Å². The molecular formula is C17H16N10O5S3. The number of anilines is 3. The summed E-state index contributed by atoms with van der Waals surface area (Å²) in [6, 6.07) is 0.469. The second kappa shape index (κ2) is 9.76. The number of nitrogens with two attached hydrogens (primary N) is 3. The van der Waals surface area contributed by atoms with Crippen LogP contribution in [0, 0.1) is 0 Å². The second-order valence-electron chi connectivity index (χ2n) is 6.85. The monoisotopic (exact) mass is 536 g/mol. The molecule has 2 atom stereocenters. The Morgan fingerprint density at radius 1 is 1.29 bits per heavy atom. The lowest BCUT2D eigenvalue weighted by Gasteiger charge is -2.49. The molecule has 2 aliphatic rings.